The summed E-state index contributed by atoms with van der Waals surface area (Å²) in [4.78, 5) is 29.6. The van der Waals surface area contributed by atoms with E-state index < -0.39 is 11.7 Å². The van der Waals surface area contributed by atoms with E-state index in [0.29, 0.717) is 5.69 Å². The van der Waals surface area contributed by atoms with Crippen LogP contribution in [0.3, 0.4) is 0 Å². The summed E-state index contributed by atoms with van der Waals surface area (Å²) in [6.45, 7) is 7.18. The molecular weight excluding hydrogens is 330 g/mol. The molecule has 138 valence electrons. The third kappa shape index (κ3) is 5.58. The van der Waals surface area contributed by atoms with Gasteiger partial charge in [-0.3, -0.25) is 9.78 Å². The number of aromatic nitrogens is 1. The number of carbonyl (C=O) groups is 2. The Morgan fingerprint density at radius 1 is 1.12 bits per heavy atom. The Hall–Kier alpha value is -2.89. The summed E-state index contributed by atoms with van der Waals surface area (Å²) in [5.74, 6) is -0.284. The standard InChI is InChI=1S/C20H25N3O3/c1-14-6-7-16(15-8-10-21-11-9-15)12-17(14)22-18(24)13-23(5)19(25)26-20(2,3)4/h6-12H,13H2,1-5H3,(H,22,24). The van der Waals surface area contributed by atoms with Gasteiger partial charge < -0.3 is 15.0 Å². The lowest BCUT2D eigenvalue weighted by molar-refractivity contribution is -0.117. The summed E-state index contributed by atoms with van der Waals surface area (Å²) >= 11 is 0. The number of rotatable bonds is 4. The summed E-state index contributed by atoms with van der Waals surface area (Å²) in [5.41, 5.74) is 3.05. The summed E-state index contributed by atoms with van der Waals surface area (Å²) in [5, 5.41) is 2.86. The molecule has 0 spiro atoms. The number of nitrogens with one attached hydrogen (secondary N) is 1. The highest BCUT2D eigenvalue weighted by Crippen LogP contribution is 2.25. The Kier molecular flexibility index (Phi) is 5.97. The van der Waals surface area contributed by atoms with Gasteiger partial charge in [0, 0.05) is 25.1 Å². The SMILES string of the molecule is Cc1ccc(-c2ccncc2)cc1NC(=O)CN(C)C(=O)OC(C)(C)C. The second kappa shape index (κ2) is 7.99. The van der Waals surface area contributed by atoms with Crippen LogP contribution in [-0.2, 0) is 9.53 Å². The fourth-order valence-electron chi connectivity index (χ4n) is 2.29. The van der Waals surface area contributed by atoms with Gasteiger partial charge in [0.05, 0.1) is 0 Å². The molecule has 6 heteroatoms. The smallest absolute Gasteiger partial charge is 0.410 e. The van der Waals surface area contributed by atoms with Crippen LogP contribution in [0.25, 0.3) is 11.1 Å². The number of hydrogen-bond donors (Lipinski definition) is 1. The van der Waals surface area contributed by atoms with E-state index in [0.717, 1.165) is 16.7 Å². The maximum atomic E-state index is 12.3. The molecule has 0 bridgehead atoms. The molecule has 1 aromatic heterocycles. The van der Waals surface area contributed by atoms with Gasteiger partial charge in [-0.2, -0.15) is 0 Å². The van der Waals surface area contributed by atoms with Crippen LogP contribution in [0.5, 0.6) is 0 Å². The predicted octanol–water partition coefficient (Wildman–Crippen LogP) is 3.86. The first kappa shape index (κ1) is 19.4. The minimum absolute atomic E-state index is 0.0894. The lowest BCUT2D eigenvalue weighted by Crippen LogP contribution is -2.38. The molecule has 0 saturated heterocycles. The summed E-state index contributed by atoms with van der Waals surface area (Å²) in [6, 6.07) is 9.67. The van der Waals surface area contributed by atoms with Crippen LogP contribution in [0, 0.1) is 6.92 Å². The van der Waals surface area contributed by atoms with Gasteiger partial charge in [0.2, 0.25) is 5.91 Å². The molecule has 2 rings (SSSR count). The van der Waals surface area contributed by atoms with Gasteiger partial charge in [-0.15, -0.1) is 0 Å². The Labute approximate surface area is 154 Å². The number of ether oxygens (including phenoxy) is 1. The number of pyridine rings is 1. The van der Waals surface area contributed by atoms with E-state index in [4.69, 9.17) is 4.74 Å². The first-order valence-electron chi connectivity index (χ1n) is 8.41. The average molecular weight is 355 g/mol. The second-order valence-corrected chi connectivity index (χ2v) is 7.15. The lowest BCUT2D eigenvalue weighted by atomic mass is 10.0. The molecular formula is C20H25N3O3. The molecule has 1 N–H and O–H groups in total. The Balaban J connectivity index is 2.06. The number of nitrogens with zero attached hydrogens (tertiary/aromatic N) is 2. The van der Waals surface area contributed by atoms with Gasteiger partial charge >= 0.3 is 6.09 Å². The maximum absolute atomic E-state index is 12.3. The van der Waals surface area contributed by atoms with Gasteiger partial charge in [0.1, 0.15) is 12.1 Å². The van der Waals surface area contributed by atoms with Crippen LogP contribution in [0.2, 0.25) is 0 Å². The topological polar surface area (TPSA) is 71.5 Å². The zero-order valence-electron chi connectivity index (χ0n) is 15.9. The fraction of sp³-hybridized carbons (Fsp3) is 0.350. The lowest BCUT2D eigenvalue weighted by Gasteiger charge is -2.24. The van der Waals surface area contributed by atoms with Crippen molar-refractivity contribution in [3.8, 4) is 11.1 Å². The Morgan fingerprint density at radius 3 is 2.38 bits per heavy atom. The summed E-state index contributed by atoms with van der Waals surface area (Å²) in [7, 11) is 1.54. The molecule has 0 unspecified atom stereocenters. The van der Waals surface area contributed by atoms with Gasteiger partial charge in [-0.05, 0) is 62.6 Å². The van der Waals surface area contributed by atoms with E-state index in [2.05, 4.69) is 10.3 Å². The molecule has 0 atom stereocenters. The fourth-order valence-corrected chi connectivity index (χ4v) is 2.29. The number of aryl methyl sites for hydroxylation is 1. The number of carbonyl (C=O) groups excluding carboxylic acids is 2. The zero-order valence-corrected chi connectivity index (χ0v) is 15.9. The first-order chi connectivity index (χ1) is 12.2. The van der Waals surface area contributed by atoms with Crippen molar-refractivity contribution in [1.82, 2.24) is 9.88 Å². The van der Waals surface area contributed by atoms with Crippen molar-refractivity contribution in [1.29, 1.82) is 0 Å². The monoisotopic (exact) mass is 355 g/mol. The second-order valence-electron chi connectivity index (χ2n) is 7.15. The van der Waals surface area contributed by atoms with Crippen LogP contribution in [-0.4, -0.2) is 41.1 Å². The molecule has 0 aliphatic heterocycles. The highest BCUT2D eigenvalue weighted by atomic mass is 16.6. The largest absolute Gasteiger partial charge is 0.444 e. The first-order valence-corrected chi connectivity index (χ1v) is 8.41. The number of benzene rings is 1. The number of anilines is 1. The van der Waals surface area contributed by atoms with Crippen LogP contribution in [0.1, 0.15) is 26.3 Å². The minimum Gasteiger partial charge on any atom is -0.444 e. The molecule has 0 fully saturated rings. The average Bonchev–Trinajstić information content (AvgIpc) is 2.56. The number of hydrogen-bond acceptors (Lipinski definition) is 4. The molecule has 6 nitrogen and oxygen atoms in total. The predicted molar refractivity (Wildman–Crippen MR) is 102 cm³/mol. The third-order valence-corrected chi connectivity index (χ3v) is 3.61. The Morgan fingerprint density at radius 2 is 1.77 bits per heavy atom. The van der Waals surface area contributed by atoms with Crippen molar-refractivity contribution in [2.45, 2.75) is 33.3 Å². The molecule has 2 aromatic rings. The number of amides is 2. The van der Waals surface area contributed by atoms with Crippen LogP contribution >= 0.6 is 0 Å². The van der Waals surface area contributed by atoms with Gasteiger partial charge in [-0.1, -0.05) is 12.1 Å². The van der Waals surface area contributed by atoms with Crippen LogP contribution in [0.15, 0.2) is 42.7 Å². The molecule has 0 aliphatic carbocycles. The molecule has 1 aromatic carbocycles. The van der Waals surface area contributed by atoms with Crippen molar-refractivity contribution >= 4 is 17.7 Å². The molecule has 26 heavy (non-hydrogen) atoms. The normalized spacial score (nSPS) is 11.0. The van der Waals surface area contributed by atoms with E-state index in [9.17, 15) is 9.59 Å². The van der Waals surface area contributed by atoms with Gasteiger partial charge in [0.15, 0.2) is 0 Å². The summed E-state index contributed by atoms with van der Waals surface area (Å²) < 4.78 is 5.25. The van der Waals surface area contributed by atoms with E-state index in [1.54, 1.807) is 33.2 Å². The van der Waals surface area contributed by atoms with Crippen molar-refractivity contribution in [3.05, 3.63) is 48.3 Å². The van der Waals surface area contributed by atoms with Gasteiger partial charge in [-0.25, -0.2) is 4.79 Å². The van der Waals surface area contributed by atoms with E-state index in [-0.39, 0.29) is 12.5 Å². The van der Waals surface area contributed by atoms with Crippen molar-refractivity contribution < 1.29 is 14.3 Å². The third-order valence-electron chi connectivity index (χ3n) is 3.61. The van der Waals surface area contributed by atoms with Crippen molar-refractivity contribution in [2.75, 3.05) is 18.9 Å². The Bertz CT molecular complexity index is 783. The quantitative estimate of drug-likeness (QED) is 0.904. The van der Waals surface area contributed by atoms with E-state index >= 15 is 0 Å². The minimum atomic E-state index is -0.600. The highest BCUT2D eigenvalue weighted by molar-refractivity contribution is 5.95. The highest BCUT2D eigenvalue weighted by Gasteiger charge is 2.21. The molecule has 0 aliphatic rings. The van der Waals surface area contributed by atoms with E-state index in [1.807, 2.05) is 37.3 Å². The van der Waals surface area contributed by atoms with Crippen LogP contribution in [0.4, 0.5) is 10.5 Å². The van der Waals surface area contributed by atoms with Gasteiger partial charge in [0.25, 0.3) is 0 Å². The zero-order chi connectivity index (χ0) is 19.3. The van der Waals surface area contributed by atoms with Crippen molar-refractivity contribution in [2.24, 2.45) is 0 Å². The molecule has 0 saturated carbocycles. The summed E-state index contributed by atoms with van der Waals surface area (Å²) in [6.07, 6.45) is 2.92. The maximum Gasteiger partial charge on any atom is 0.410 e. The number of likely N-dealkylation sites (N-methyl/N-ethyl adjacent to an activating group) is 1. The van der Waals surface area contributed by atoms with E-state index in [1.165, 1.54) is 11.9 Å². The molecule has 0 radical (unpaired) electrons. The van der Waals surface area contributed by atoms with Crippen LogP contribution < -0.4 is 5.32 Å². The molecule has 2 amide bonds. The van der Waals surface area contributed by atoms with Crippen molar-refractivity contribution in [3.63, 3.8) is 0 Å². The molecule has 1 heterocycles.